The Bertz CT molecular complexity index is 648. The molecular weight excluding hydrogens is 294 g/mol. The van der Waals surface area contributed by atoms with E-state index in [4.69, 9.17) is 10.9 Å². The number of hydrogen-bond acceptors (Lipinski definition) is 5. The van der Waals surface area contributed by atoms with Gasteiger partial charge in [-0.1, -0.05) is 29.4 Å². The van der Waals surface area contributed by atoms with E-state index in [1.807, 2.05) is 0 Å². The monoisotopic (exact) mass is 313 g/mol. The molecule has 0 heterocycles. The highest BCUT2D eigenvalue weighted by Gasteiger charge is 2.38. The lowest BCUT2D eigenvalue weighted by atomic mass is 10.1. The van der Waals surface area contributed by atoms with Crippen molar-refractivity contribution in [2.45, 2.75) is 25.1 Å². The van der Waals surface area contributed by atoms with Crippen LogP contribution in [0.4, 0.5) is 0 Å². The maximum Gasteiger partial charge on any atom is 0.241 e. The van der Waals surface area contributed by atoms with Gasteiger partial charge in [-0.3, -0.25) is 4.79 Å². The number of carbonyl (C=O) groups is 1. The summed E-state index contributed by atoms with van der Waals surface area (Å²) in [6, 6.07) is 6.67. The largest absolute Gasteiger partial charge is 0.409 e. The highest BCUT2D eigenvalue weighted by Crippen LogP contribution is 2.15. The molecule has 8 heteroatoms. The van der Waals surface area contributed by atoms with Crippen molar-refractivity contribution in [3.8, 4) is 0 Å². The Labute approximate surface area is 123 Å². The van der Waals surface area contributed by atoms with Gasteiger partial charge in [0.2, 0.25) is 5.91 Å². The molecule has 1 aromatic carbocycles. The van der Waals surface area contributed by atoms with Crippen molar-refractivity contribution in [3.63, 3.8) is 0 Å². The number of nitrogens with zero attached hydrogens (tertiary/aromatic N) is 1. The van der Waals surface area contributed by atoms with Crippen LogP contribution in [0.2, 0.25) is 0 Å². The molecule has 116 valence electrons. The van der Waals surface area contributed by atoms with Gasteiger partial charge in [0.05, 0.1) is 0 Å². The average molecular weight is 313 g/mol. The first-order valence-electron chi connectivity index (χ1n) is 6.14. The van der Waals surface area contributed by atoms with E-state index in [9.17, 15) is 13.2 Å². The summed E-state index contributed by atoms with van der Waals surface area (Å²) in [5.41, 5.74) is 6.75. The number of amidine groups is 1. The zero-order valence-corrected chi connectivity index (χ0v) is 12.9. The van der Waals surface area contributed by atoms with Gasteiger partial charge in [0, 0.05) is 18.4 Å². The first kappa shape index (κ1) is 17.0. The first-order chi connectivity index (χ1) is 9.59. The Morgan fingerprint density at radius 1 is 1.33 bits per heavy atom. The van der Waals surface area contributed by atoms with Gasteiger partial charge in [-0.05, 0) is 19.4 Å². The topological polar surface area (TPSA) is 122 Å². The quantitative estimate of drug-likeness (QED) is 0.311. The Balaban J connectivity index is 2.75. The number of rotatable bonds is 5. The van der Waals surface area contributed by atoms with Crippen LogP contribution >= 0.6 is 0 Å². The Kier molecular flexibility index (Phi) is 4.95. The number of benzene rings is 1. The number of hydrogen-bond donors (Lipinski definition) is 3. The van der Waals surface area contributed by atoms with Gasteiger partial charge in [-0.2, -0.15) is 0 Å². The lowest BCUT2D eigenvalue weighted by Crippen LogP contribution is -2.47. The minimum atomic E-state index is -3.50. The van der Waals surface area contributed by atoms with Crippen LogP contribution in [0.1, 0.15) is 25.0 Å². The van der Waals surface area contributed by atoms with Gasteiger partial charge < -0.3 is 16.3 Å². The fraction of sp³-hybridized carbons (Fsp3) is 0.385. The van der Waals surface area contributed by atoms with Crippen LogP contribution in [0, 0.1) is 0 Å². The van der Waals surface area contributed by atoms with E-state index < -0.39 is 20.5 Å². The van der Waals surface area contributed by atoms with Gasteiger partial charge in [0.15, 0.2) is 15.7 Å². The van der Waals surface area contributed by atoms with Crippen LogP contribution in [-0.2, 0) is 21.2 Å². The van der Waals surface area contributed by atoms with Crippen LogP contribution in [0.25, 0.3) is 0 Å². The Hall–Kier alpha value is -2.09. The molecule has 0 aromatic heterocycles. The van der Waals surface area contributed by atoms with Crippen LogP contribution in [0.5, 0.6) is 0 Å². The summed E-state index contributed by atoms with van der Waals surface area (Å²) >= 11 is 0. The Morgan fingerprint density at radius 3 is 2.29 bits per heavy atom. The van der Waals surface area contributed by atoms with Crippen molar-refractivity contribution in [2.24, 2.45) is 10.9 Å². The fourth-order valence-electron chi connectivity index (χ4n) is 1.41. The number of sulfone groups is 1. The average Bonchev–Trinajstić information content (AvgIpc) is 2.43. The summed E-state index contributed by atoms with van der Waals surface area (Å²) < 4.78 is 21.6. The second-order valence-electron chi connectivity index (χ2n) is 5.15. The van der Waals surface area contributed by atoms with Crippen LogP contribution in [0.15, 0.2) is 29.4 Å². The van der Waals surface area contributed by atoms with E-state index in [0.29, 0.717) is 5.56 Å². The molecule has 0 saturated heterocycles. The third-order valence-corrected chi connectivity index (χ3v) is 5.32. The molecule has 0 unspecified atom stereocenters. The second-order valence-corrected chi connectivity index (χ2v) is 7.71. The third kappa shape index (κ3) is 3.94. The molecule has 1 amide bonds. The summed E-state index contributed by atoms with van der Waals surface area (Å²) in [6.45, 7) is 2.91. The molecule has 0 fully saturated rings. The van der Waals surface area contributed by atoms with Crippen LogP contribution in [0.3, 0.4) is 0 Å². The summed E-state index contributed by atoms with van der Waals surface area (Å²) in [7, 11) is -3.50. The van der Waals surface area contributed by atoms with Gasteiger partial charge in [0.25, 0.3) is 0 Å². The first-order valence-corrected chi connectivity index (χ1v) is 8.03. The predicted molar refractivity (Wildman–Crippen MR) is 79.7 cm³/mol. The maximum absolute atomic E-state index is 11.9. The maximum atomic E-state index is 11.9. The zero-order chi connectivity index (χ0) is 16.3. The summed E-state index contributed by atoms with van der Waals surface area (Å²) in [4.78, 5) is 11.9. The van der Waals surface area contributed by atoms with Gasteiger partial charge in [0.1, 0.15) is 4.75 Å². The van der Waals surface area contributed by atoms with Crippen molar-refractivity contribution < 1.29 is 18.4 Å². The molecule has 1 rings (SSSR count). The molecule has 0 bridgehead atoms. The molecule has 0 aliphatic heterocycles. The molecular formula is C13H19N3O4S. The molecule has 0 atom stereocenters. The molecule has 0 spiro atoms. The molecule has 4 N–H and O–H groups in total. The van der Waals surface area contributed by atoms with E-state index >= 15 is 0 Å². The SMILES string of the molecule is CC(C)(C(=O)NCc1ccc(C(N)=NO)cc1)S(C)(=O)=O. The van der Waals surface area contributed by atoms with E-state index in [-0.39, 0.29) is 12.4 Å². The van der Waals surface area contributed by atoms with Crippen molar-refractivity contribution in [1.29, 1.82) is 0 Å². The second kappa shape index (κ2) is 6.13. The number of amides is 1. The van der Waals surface area contributed by atoms with E-state index in [1.165, 1.54) is 13.8 Å². The van der Waals surface area contributed by atoms with Gasteiger partial charge in [-0.25, -0.2) is 8.42 Å². The van der Waals surface area contributed by atoms with E-state index in [0.717, 1.165) is 11.8 Å². The van der Waals surface area contributed by atoms with E-state index in [2.05, 4.69) is 10.5 Å². The van der Waals surface area contributed by atoms with Crippen molar-refractivity contribution in [2.75, 3.05) is 6.26 Å². The fourth-order valence-corrected chi connectivity index (χ4v) is 1.82. The molecule has 0 saturated carbocycles. The summed E-state index contributed by atoms with van der Waals surface area (Å²) in [5, 5.41) is 14.0. The minimum Gasteiger partial charge on any atom is -0.409 e. The van der Waals surface area contributed by atoms with Crippen LogP contribution < -0.4 is 11.1 Å². The highest BCUT2D eigenvalue weighted by molar-refractivity contribution is 7.92. The van der Waals surface area contributed by atoms with Gasteiger partial charge in [-0.15, -0.1) is 0 Å². The Morgan fingerprint density at radius 2 is 1.86 bits per heavy atom. The highest BCUT2D eigenvalue weighted by atomic mass is 32.2. The molecule has 0 aliphatic carbocycles. The summed E-state index contributed by atoms with van der Waals surface area (Å²) in [6.07, 6.45) is 1.03. The number of carbonyl (C=O) groups excluding carboxylic acids is 1. The minimum absolute atomic E-state index is 0.0104. The molecule has 7 nitrogen and oxygen atoms in total. The molecule has 21 heavy (non-hydrogen) atoms. The summed E-state index contributed by atoms with van der Waals surface area (Å²) in [5.74, 6) is -0.575. The predicted octanol–water partition coefficient (Wildman–Crippen LogP) is 0.221. The molecule has 1 aromatic rings. The van der Waals surface area contributed by atoms with Crippen LogP contribution in [-0.4, -0.2) is 36.4 Å². The number of nitrogens with two attached hydrogens (primary N) is 1. The zero-order valence-electron chi connectivity index (χ0n) is 12.1. The van der Waals surface area contributed by atoms with Crippen molar-refractivity contribution in [3.05, 3.63) is 35.4 Å². The molecule has 0 aliphatic rings. The standard InChI is InChI=1S/C13H19N3O4S/c1-13(2,21(3,19)20)12(17)15-8-9-4-6-10(7-5-9)11(14)16-18/h4-7,18H,8H2,1-3H3,(H2,14,16)(H,15,17). The number of nitrogens with one attached hydrogen (secondary N) is 1. The number of oxime groups is 1. The lowest BCUT2D eigenvalue weighted by Gasteiger charge is -2.21. The lowest BCUT2D eigenvalue weighted by molar-refractivity contribution is -0.123. The smallest absolute Gasteiger partial charge is 0.241 e. The van der Waals surface area contributed by atoms with Gasteiger partial charge >= 0.3 is 0 Å². The normalized spacial score (nSPS) is 13.0. The molecule has 0 radical (unpaired) electrons. The van der Waals surface area contributed by atoms with Crippen molar-refractivity contribution in [1.82, 2.24) is 5.32 Å². The van der Waals surface area contributed by atoms with Crippen molar-refractivity contribution >= 4 is 21.6 Å². The van der Waals surface area contributed by atoms with E-state index in [1.54, 1.807) is 24.3 Å². The third-order valence-electron chi connectivity index (χ3n) is 3.28.